The number of methoxy groups -OCH3 is 4. The van der Waals surface area contributed by atoms with Crippen molar-refractivity contribution in [1.29, 1.82) is 0 Å². The Kier molecular flexibility index (Phi) is 23.5. The lowest BCUT2D eigenvalue weighted by Gasteiger charge is -2.26. The van der Waals surface area contributed by atoms with Crippen LogP contribution in [0.25, 0.3) is 10.8 Å². The molecule has 1 aromatic heterocycles. The molecule has 4 fully saturated rings. The van der Waals surface area contributed by atoms with Gasteiger partial charge in [-0.25, -0.2) is 28.0 Å². The molecule has 8 aliphatic heterocycles. The van der Waals surface area contributed by atoms with Gasteiger partial charge in [-0.05, 0) is 138 Å². The van der Waals surface area contributed by atoms with Gasteiger partial charge < -0.3 is 59.8 Å². The van der Waals surface area contributed by atoms with Crippen LogP contribution in [0.2, 0.25) is 5.02 Å². The molecule has 125 heavy (non-hydrogen) atoms. The Hall–Kier alpha value is -15.8. The van der Waals surface area contributed by atoms with E-state index in [1.54, 1.807) is 104 Å². The van der Waals surface area contributed by atoms with Crippen LogP contribution < -0.4 is 61.5 Å². The van der Waals surface area contributed by atoms with E-state index < -0.39 is 99.2 Å². The van der Waals surface area contributed by atoms with Crippen molar-refractivity contribution in [2.24, 2.45) is 0 Å². The lowest BCUT2D eigenvalue weighted by molar-refractivity contribution is -0.140. The summed E-state index contributed by atoms with van der Waals surface area (Å²) in [5.74, 6) is 18.4. The predicted octanol–water partition coefficient (Wildman–Crippen LogP) is 8.24. The van der Waals surface area contributed by atoms with E-state index >= 15 is 0 Å². The SMILES string of the molecule is COc1ccc2c(c1)C(=O)N(C[C@@]1(C#Cc3ccc(C)c(Cl)c3)NC(=O)NC1=O)C2.COc1ccc2c(c1)C(=O)N(C[C@@]1(C#Cc3ccc(C)c(F)c3)NC(=O)NC1=O)C2.COc1ccc2c(c1)C(=O)N(C[C@@]1(C#Cc3ccc(F)c(C(F)(F)F)c3)NC(=O)NC1=O)C2.COc1ccc2c(c1)C(=O)N(C[C@@]1(C#Cc3cncc4ccccc34)NC(=O)NC1=O)C2. The van der Waals surface area contributed by atoms with Crippen LogP contribution in [0, 0.1) is 72.8 Å². The third kappa shape index (κ3) is 17.7. The molecule has 35 heteroatoms. The van der Waals surface area contributed by atoms with Crippen molar-refractivity contribution in [2.75, 3.05) is 54.6 Å². The molecular formula is C90H69ClF5N13O16. The van der Waals surface area contributed by atoms with Crippen molar-refractivity contribution < 1.29 is 98.4 Å². The molecule has 16 amide bonds. The number of ether oxygens (including phenoxy) is 4. The van der Waals surface area contributed by atoms with Crippen molar-refractivity contribution in [3.05, 3.63) is 264 Å². The van der Waals surface area contributed by atoms with Gasteiger partial charge in [-0.15, -0.1) is 0 Å². The number of nitrogens with one attached hydrogen (secondary N) is 8. The van der Waals surface area contributed by atoms with E-state index in [9.17, 15) is 79.5 Å². The summed E-state index contributed by atoms with van der Waals surface area (Å²) >= 11 is 6.15. The molecule has 632 valence electrons. The van der Waals surface area contributed by atoms with Crippen molar-refractivity contribution in [1.82, 2.24) is 67.1 Å². The maximum Gasteiger partial charge on any atom is 0.419 e. The Morgan fingerprint density at radius 1 is 0.400 bits per heavy atom. The number of pyridine rings is 1. The average molecular weight is 1720 g/mol. The molecule has 17 rings (SSSR count). The quantitative estimate of drug-likeness (QED) is 0.0324. The van der Waals surface area contributed by atoms with Gasteiger partial charge in [0.15, 0.2) is 0 Å². The number of nitrogens with zero attached hydrogens (tertiary/aromatic N) is 5. The minimum atomic E-state index is -4.94. The number of aromatic nitrogens is 1. The molecule has 8 aliphatic rings. The lowest BCUT2D eigenvalue weighted by Crippen LogP contribution is -2.54. The molecule has 0 saturated carbocycles. The molecule has 8 aromatic carbocycles. The number of alkyl halides is 3. The Labute approximate surface area is 713 Å². The van der Waals surface area contributed by atoms with Crippen LogP contribution >= 0.6 is 11.6 Å². The standard InChI is InChI=1S/C24H18N4O4.C22H18ClN3O4.C22H15F4N3O4.C22H18FN3O4/c1-32-18-7-6-17-13-28(21(29)20(17)10-18)14-24(22(30)26-23(31)27-24)9-8-16-12-25-11-15-4-2-3-5-19(15)16;1-13-3-4-14(9-18(13)23)7-8-22(20(28)24-21(29)25-22)12-26-11-15-5-6-16(30-2)10-17(15)19(26)27;1-33-14-4-3-13-10-29(18(30)15(13)9-14)11-21(19(31)27-20(32)28-21)7-6-12-2-5-17(23)16(8-12)22(24,25)26;1-13-3-4-14(9-18(13)23)7-8-22(20(28)24-21(29)25-22)12-26-11-15-5-6-16(30-2)10-17(15)19(26)27/h2-7,10-12H,13-14H2,1H3,(H2,26,27,30,31);3-6,9-10H,11-12H2,1-2H3,(H2,24,25,28,29);2-5,8-9H,10-11H2,1H3,(H2,27,28,31,32);3-6,9-10H,11-12H2,1-2H3,(H2,24,25,28,29)/t24-;22-;21-;22-/m1111/s1. The number of amides is 16. The van der Waals surface area contributed by atoms with Crippen LogP contribution in [0.1, 0.15) is 103 Å². The number of carbonyl (C=O) groups is 12. The molecule has 0 bridgehead atoms. The zero-order valence-corrected chi connectivity index (χ0v) is 67.5. The smallest absolute Gasteiger partial charge is 0.419 e. The van der Waals surface area contributed by atoms with E-state index in [1.165, 1.54) is 54.1 Å². The highest BCUT2D eigenvalue weighted by atomic mass is 35.5. The van der Waals surface area contributed by atoms with E-state index in [1.807, 2.05) is 54.7 Å². The third-order valence-electron chi connectivity index (χ3n) is 21.2. The average Bonchev–Trinajstić information content (AvgIpc) is 1.63. The fourth-order valence-corrected chi connectivity index (χ4v) is 14.7. The normalized spacial score (nSPS) is 19.6. The molecule has 0 spiro atoms. The summed E-state index contributed by atoms with van der Waals surface area (Å²) in [7, 11) is 6.01. The first-order valence-electron chi connectivity index (χ1n) is 37.9. The van der Waals surface area contributed by atoms with Gasteiger partial charge in [0.1, 0.15) is 34.6 Å². The number of urea groups is 4. The number of fused-ring (bicyclic) bond motifs is 5. The summed E-state index contributed by atoms with van der Waals surface area (Å²) in [6, 6.07) is 37.2. The van der Waals surface area contributed by atoms with Gasteiger partial charge in [0.2, 0.25) is 22.2 Å². The molecule has 0 radical (unpaired) electrons. The van der Waals surface area contributed by atoms with Gasteiger partial charge in [-0.3, -0.25) is 64.6 Å². The van der Waals surface area contributed by atoms with Crippen LogP contribution in [-0.4, -0.2) is 173 Å². The largest absolute Gasteiger partial charge is 0.497 e. The van der Waals surface area contributed by atoms with E-state index in [0.29, 0.717) is 103 Å². The number of hydrogen-bond donors (Lipinski definition) is 8. The summed E-state index contributed by atoms with van der Waals surface area (Å²) in [6.45, 7) is 3.81. The second kappa shape index (κ2) is 34.4. The van der Waals surface area contributed by atoms with Crippen LogP contribution in [0.3, 0.4) is 0 Å². The molecular weight excluding hydrogens is 1650 g/mol. The molecule has 0 aliphatic carbocycles. The van der Waals surface area contributed by atoms with Crippen molar-refractivity contribution in [3.8, 4) is 70.4 Å². The first-order chi connectivity index (χ1) is 59.6. The Morgan fingerprint density at radius 3 is 1.07 bits per heavy atom. The first kappa shape index (κ1) is 85.6. The Morgan fingerprint density at radius 2 is 0.736 bits per heavy atom. The number of benzene rings is 8. The third-order valence-corrected chi connectivity index (χ3v) is 21.6. The molecule has 8 N–H and O–H groups in total. The van der Waals surface area contributed by atoms with E-state index in [4.69, 9.17) is 30.5 Å². The van der Waals surface area contributed by atoms with Crippen molar-refractivity contribution in [2.45, 2.75) is 68.4 Å². The number of carbonyl (C=O) groups excluding carboxylic acids is 12. The van der Waals surface area contributed by atoms with Gasteiger partial charge in [-0.2, -0.15) is 13.2 Å². The van der Waals surface area contributed by atoms with Gasteiger partial charge >= 0.3 is 30.3 Å². The molecule has 29 nitrogen and oxygen atoms in total. The van der Waals surface area contributed by atoms with Crippen LogP contribution in [-0.2, 0) is 51.5 Å². The summed E-state index contributed by atoms with van der Waals surface area (Å²) in [5, 5.41) is 21.1. The van der Waals surface area contributed by atoms with E-state index in [2.05, 4.69) is 89.6 Å². The maximum atomic E-state index is 13.8. The minimum Gasteiger partial charge on any atom is -0.497 e. The lowest BCUT2D eigenvalue weighted by atomic mass is 9.98. The fraction of sp³-hybridized carbons (Fsp3) is 0.211. The topological polar surface area (TPSA) is 364 Å². The second-order valence-corrected chi connectivity index (χ2v) is 29.9. The molecule has 4 saturated heterocycles. The monoisotopic (exact) mass is 1720 g/mol. The maximum absolute atomic E-state index is 13.8. The highest BCUT2D eigenvalue weighted by Crippen LogP contribution is 2.36. The Bertz CT molecular complexity index is 6250. The summed E-state index contributed by atoms with van der Waals surface area (Å²) in [6.07, 6.45) is -1.59. The van der Waals surface area contributed by atoms with Gasteiger partial charge in [0.25, 0.3) is 47.3 Å². The summed E-state index contributed by atoms with van der Waals surface area (Å²) < 4.78 is 87.0. The predicted molar refractivity (Wildman–Crippen MR) is 437 cm³/mol. The Balaban J connectivity index is 0.000000136. The number of aryl methyl sites for hydroxylation is 2. The minimum absolute atomic E-state index is 0.0903. The molecule has 0 unspecified atom stereocenters. The van der Waals surface area contributed by atoms with Crippen LogP contribution in [0.4, 0.5) is 41.1 Å². The van der Waals surface area contributed by atoms with Crippen molar-refractivity contribution >= 4 is 93.8 Å². The van der Waals surface area contributed by atoms with Crippen molar-refractivity contribution in [3.63, 3.8) is 0 Å². The van der Waals surface area contributed by atoms with Crippen LogP contribution in [0.5, 0.6) is 23.0 Å². The molecule has 9 heterocycles. The zero-order chi connectivity index (χ0) is 89.2. The highest BCUT2D eigenvalue weighted by Gasteiger charge is 2.53. The van der Waals surface area contributed by atoms with E-state index in [0.717, 1.165) is 39.1 Å². The summed E-state index contributed by atoms with van der Waals surface area (Å²) in [4.78, 5) is 160. The highest BCUT2D eigenvalue weighted by molar-refractivity contribution is 6.31. The first-order valence-corrected chi connectivity index (χ1v) is 38.3. The number of rotatable bonds is 12. The second-order valence-electron chi connectivity index (χ2n) is 29.5. The number of imide groups is 4. The fourth-order valence-electron chi connectivity index (χ4n) is 14.5. The summed E-state index contributed by atoms with van der Waals surface area (Å²) in [5.41, 5.74) is -0.529. The number of hydrogen-bond acceptors (Lipinski definition) is 17. The number of halogens is 6. The van der Waals surface area contributed by atoms with Crippen LogP contribution in [0.15, 0.2) is 164 Å². The van der Waals surface area contributed by atoms with Gasteiger partial charge in [0, 0.05) is 93.3 Å². The van der Waals surface area contributed by atoms with Gasteiger partial charge in [-0.1, -0.05) is 120 Å². The molecule has 4 atom stereocenters. The zero-order valence-electron chi connectivity index (χ0n) is 66.8. The van der Waals surface area contributed by atoms with Gasteiger partial charge in [0.05, 0.1) is 65.7 Å². The molecule has 9 aromatic rings. The van der Waals surface area contributed by atoms with E-state index in [-0.39, 0.29) is 62.6 Å².